The first-order valence-corrected chi connectivity index (χ1v) is 10.9. The Kier molecular flexibility index (Phi) is 6.30. The topological polar surface area (TPSA) is 75.6 Å². The van der Waals surface area contributed by atoms with E-state index in [1.807, 2.05) is 36.4 Å². The number of fused-ring (bicyclic) bond motifs is 3. The van der Waals surface area contributed by atoms with Crippen LogP contribution >= 0.6 is 27.5 Å². The maximum atomic E-state index is 12.6. The van der Waals surface area contributed by atoms with Gasteiger partial charge in [0.25, 0.3) is 0 Å². The van der Waals surface area contributed by atoms with E-state index in [2.05, 4.69) is 33.4 Å². The Morgan fingerprint density at radius 1 is 1.03 bits per heavy atom. The molecule has 0 heterocycles. The molecule has 0 saturated carbocycles. The lowest BCUT2D eigenvalue weighted by molar-refractivity contribution is -0.137. The second-order valence-corrected chi connectivity index (χ2v) is 8.56. The van der Waals surface area contributed by atoms with Crippen LogP contribution in [0.2, 0.25) is 5.02 Å². The van der Waals surface area contributed by atoms with E-state index in [0.29, 0.717) is 15.1 Å². The lowest BCUT2D eigenvalue weighted by Gasteiger charge is -2.19. The van der Waals surface area contributed by atoms with E-state index in [-0.39, 0.29) is 18.9 Å². The number of carboxylic acids is 1. The van der Waals surface area contributed by atoms with Crippen LogP contribution in [0, 0.1) is 0 Å². The molecule has 1 amide bonds. The van der Waals surface area contributed by atoms with Crippen LogP contribution < -0.4 is 5.32 Å². The Morgan fingerprint density at radius 3 is 2.23 bits per heavy atom. The zero-order chi connectivity index (χ0) is 22.0. The fraction of sp³-hybridized carbons (Fsp3) is 0.167. The van der Waals surface area contributed by atoms with Crippen LogP contribution in [0.5, 0.6) is 0 Å². The Morgan fingerprint density at radius 2 is 1.65 bits per heavy atom. The van der Waals surface area contributed by atoms with Crippen LogP contribution in [0.25, 0.3) is 11.1 Å². The van der Waals surface area contributed by atoms with E-state index in [1.54, 1.807) is 18.2 Å². The number of alkyl carbamates (subject to hydrolysis) is 1. The van der Waals surface area contributed by atoms with Gasteiger partial charge in [0.15, 0.2) is 0 Å². The fourth-order valence-electron chi connectivity index (χ4n) is 3.94. The number of carboxylic acid groups (broad SMARTS) is 1. The largest absolute Gasteiger partial charge is 0.481 e. The lowest BCUT2D eigenvalue weighted by atomic mass is 9.98. The van der Waals surface area contributed by atoms with Crippen molar-refractivity contribution in [3.8, 4) is 11.1 Å². The lowest BCUT2D eigenvalue weighted by Crippen LogP contribution is -2.31. The second kappa shape index (κ2) is 9.12. The molecule has 158 valence electrons. The minimum atomic E-state index is -1.03. The van der Waals surface area contributed by atoms with Crippen LogP contribution in [0.3, 0.4) is 0 Å². The van der Waals surface area contributed by atoms with E-state index < -0.39 is 18.1 Å². The summed E-state index contributed by atoms with van der Waals surface area (Å²) >= 11 is 9.36. The van der Waals surface area contributed by atoms with E-state index in [4.69, 9.17) is 16.3 Å². The Bertz CT molecular complexity index is 1100. The fourth-order valence-corrected chi connectivity index (χ4v) is 4.45. The number of benzene rings is 3. The van der Waals surface area contributed by atoms with Crippen molar-refractivity contribution in [2.45, 2.75) is 18.4 Å². The van der Waals surface area contributed by atoms with E-state index in [0.717, 1.165) is 22.3 Å². The van der Waals surface area contributed by atoms with Crippen molar-refractivity contribution in [3.05, 3.63) is 92.9 Å². The second-order valence-electron chi connectivity index (χ2n) is 7.29. The molecule has 3 aromatic carbocycles. The molecule has 1 aliphatic carbocycles. The number of ether oxygens (including phenoxy) is 1. The average molecular weight is 501 g/mol. The van der Waals surface area contributed by atoms with Crippen molar-refractivity contribution in [3.63, 3.8) is 0 Å². The highest BCUT2D eigenvalue weighted by atomic mass is 79.9. The van der Waals surface area contributed by atoms with Gasteiger partial charge < -0.3 is 15.2 Å². The predicted octanol–water partition coefficient (Wildman–Crippen LogP) is 6.16. The van der Waals surface area contributed by atoms with Gasteiger partial charge in [-0.3, -0.25) is 4.79 Å². The summed E-state index contributed by atoms with van der Waals surface area (Å²) in [5, 5.41) is 12.4. The Hall–Kier alpha value is -2.83. The van der Waals surface area contributed by atoms with Gasteiger partial charge in [-0.05, 0) is 55.9 Å². The van der Waals surface area contributed by atoms with Crippen molar-refractivity contribution in [2.24, 2.45) is 0 Å². The molecule has 0 unspecified atom stereocenters. The number of nitrogens with one attached hydrogen (secondary N) is 1. The van der Waals surface area contributed by atoms with Crippen LogP contribution in [-0.4, -0.2) is 23.8 Å². The van der Waals surface area contributed by atoms with Gasteiger partial charge in [0.1, 0.15) is 6.61 Å². The number of hydrogen-bond donors (Lipinski definition) is 2. The number of amides is 1. The highest BCUT2D eigenvalue weighted by Crippen LogP contribution is 2.44. The molecule has 7 heteroatoms. The van der Waals surface area contributed by atoms with Crippen molar-refractivity contribution in [1.82, 2.24) is 5.32 Å². The molecule has 0 saturated heterocycles. The normalized spacial score (nSPS) is 13.2. The molecule has 0 bridgehead atoms. The molecule has 0 fully saturated rings. The molecular weight excluding hydrogens is 482 g/mol. The standard InChI is InChI=1S/C24H19BrClNO4/c25-20-11-14(9-10-21(20)26)22(12-23(28)29)27-24(30)31-13-19-17-7-3-1-5-15(17)16-6-2-4-8-18(16)19/h1-11,19,22H,12-13H2,(H,27,30)(H,28,29)/t22-/m0/s1. The minimum absolute atomic E-state index is 0.0687. The van der Waals surface area contributed by atoms with Gasteiger partial charge in [-0.1, -0.05) is 66.2 Å². The quantitative estimate of drug-likeness (QED) is 0.425. The molecule has 5 nitrogen and oxygen atoms in total. The highest BCUT2D eigenvalue weighted by Gasteiger charge is 2.29. The summed E-state index contributed by atoms with van der Waals surface area (Å²) in [5.41, 5.74) is 5.12. The van der Waals surface area contributed by atoms with Crippen LogP contribution in [0.1, 0.15) is 35.1 Å². The number of aliphatic carboxylic acids is 1. The number of halogens is 2. The van der Waals surface area contributed by atoms with Gasteiger partial charge in [-0.2, -0.15) is 0 Å². The number of hydrogen-bond acceptors (Lipinski definition) is 3. The van der Waals surface area contributed by atoms with Gasteiger partial charge in [0.05, 0.1) is 17.5 Å². The Balaban J connectivity index is 1.49. The first kappa shape index (κ1) is 21.4. The van der Waals surface area contributed by atoms with Crippen molar-refractivity contribution < 1.29 is 19.4 Å². The van der Waals surface area contributed by atoms with Gasteiger partial charge in [-0.25, -0.2) is 4.79 Å². The number of carbonyl (C=O) groups is 2. The first-order chi connectivity index (χ1) is 14.9. The maximum absolute atomic E-state index is 12.6. The monoisotopic (exact) mass is 499 g/mol. The highest BCUT2D eigenvalue weighted by molar-refractivity contribution is 9.10. The van der Waals surface area contributed by atoms with Gasteiger partial charge in [0, 0.05) is 10.4 Å². The summed E-state index contributed by atoms with van der Waals surface area (Å²) in [6.07, 6.45) is -0.947. The average Bonchev–Trinajstić information content (AvgIpc) is 3.07. The molecule has 31 heavy (non-hydrogen) atoms. The summed E-state index contributed by atoms with van der Waals surface area (Å²) in [6, 6.07) is 20.4. The maximum Gasteiger partial charge on any atom is 0.407 e. The molecule has 2 N–H and O–H groups in total. The summed E-state index contributed by atoms with van der Waals surface area (Å²) in [6.45, 7) is 0.157. The summed E-state index contributed by atoms with van der Waals surface area (Å²) in [7, 11) is 0. The molecule has 0 aliphatic heterocycles. The van der Waals surface area contributed by atoms with Crippen molar-refractivity contribution in [1.29, 1.82) is 0 Å². The third-order valence-corrected chi connectivity index (χ3v) is 6.57. The van der Waals surface area contributed by atoms with E-state index >= 15 is 0 Å². The smallest absolute Gasteiger partial charge is 0.407 e. The van der Waals surface area contributed by atoms with Crippen LogP contribution in [-0.2, 0) is 9.53 Å². The van der Waals surface area contributed by atoms with Gasteiger partial charge in [-0.15, -0.1) is 0 Å². The summed E-state index contributed by atoms with van der Waals surface area (Å²) in [5.74, 6) is -1.10. The predicted molar refractivity (Wildman–Crippen MR) is 122 cm³/mol. The first-order valence-electron chi connectivity index (χ1n) is 9.72. The minimum Gasteiger partial charge on any atom is -0.481 e. The molecular formula is C24H19BrClNO4. The van der Waals surface area contributed by atoms with Crippen molar-refractivity contribution >= 4 is 39.6 Å². The zero-order valence-electron chi connectivity index (χ0n) is 16.3. The van der Waals surface area contributed by atoms with Gasteiger partial charge >= 0.3 is 12.1 Å². The number of carbonyl (C=O) groups excluding carboxylic acids is 1. The number of rotatable bonds is 6. The van der Waals surface area contributed by atoms with Crippen LogP contribution in [0.15, 0.2) is 71.2 Å². The van der Waals surface area contributed by atoms with Crippen LogP contribution in [0.4, 0.5) is 4.79 Å². The summed E-state index contributed by atoms with van der Waals surface area (Å²) in [4.78, 5) is 23.9. The Labute approximate surface area is 193 Å². The molecule has 1 atom stereocenters. The summed E-state index contributed by atoms with van der Waals surface area (Å²) < 4.78 is 6.17. The van der Waals surface area contributed by atoms with E-state index in [9.17, 15) is 14.7 Å². The van der Waals surface area contributed by atoms with E-state index in [1.165, 1.54) is 0 Å². The molecule has 0 radical (unpaired) electrons. The molecule has 1 aliphatic rings. The third-order valence-electron chi connectivity index (χ3n) is 5.36. The molecule has 4 rings (SSSR count). The van der Waals surface area contributed by atoms with Gasteiger partial charge in [0.2, 0.25) is 0 Å². The zero-order valence-corrected chi connectivity index (χ0v) is 18.7. The SMILES string of the molecule is O=C(O)C[C@H](NC(=O)OCC1c2ccccc2-c2ccccc21)c1ccc(Cl)c(Br)c1. The molecule has 0 aromatic heterocycles. The molecule has 0 spiro atoms. The molecule has 3 aromatic rings. The third kappa shape index (κ3) is 4.60. The van der Waals surface area contributed by atoms with Crippen molar-refractivity contribution in [2.75, 3.05) is 6.61 Å².